The molecule has 19 heavy (non-hydrogen) atoms. The van der Waals surface area contributed by atoms with Gasteiger partial charge in [-0.2, -0.15) is 17.4 Å². The minimum Gasteiger partial charge on any atom is -0.481 e. The third-order valence-corrected chi connectivity index (χ3v) is 4.16. The standard InChI is InChI=1S/C11H17N3O4S/c1-9(10-5-3-4-7-12-10)13-19(17,18)14(2)8-6-11(15)16/h3-5,7,9,13H,6,8H2,1-2H3,(H,15,16)/t9-/m1/s1. The van der Waals surface area contributed by atoms with E-state index in [0.717, 1.165) is 4.31 Å². The quantitative estimate of drug-likeness (QED) is 0.755. The molecule has 0 radical (unpaired) electrons. The number of nitrogens with zero attached hydrogens (tertiary/aromatic N) is 2. The van der Waals surface area contributed by atoms with Crippen LogP contribution in [0, 0.1) is 0 Å². The Labute approximate surface area is 112 Å². The monoisotopic (exact) mass is 287 g/mol. The topological polar surface area (TPSA) is 99.6 Å². The van der Waals surface area contributed by atoms with E-state index in [1.165, 1.54) is 7.05 Å². The maximum Gasteiger partial charge on any atom is 0.304 e. The molecule has 0 saturated carbocycles. The van der Waals surface area contributed by atoms with Crippen LogP contribution in [-0.2, 0) is 15.0 Å². The Morgan fingerprint density at radius 3 is 2.74 bits per heavy atom. The Morgan fingerprint density at radius 2 is 2.21 bits per heavy atom. The molecule has 1 atom stereocenters. The van der Waals surface area contributed by atoms with Crippen molar-refractivity contribution in [3.63, 3.8) is 0 Å². The summed E-state index contributed by atoms with van der Waals surface area (Å²) in [5.41, 5.74) is 0.595. The molecule has 1 aromatic heterocycles. The first-order valence-corrected chi connectivity index (χ1v) is 7.13. The third kappa shape index (κ3) is 4.93. The maximum atomic E-state index is 11.9. The zero-order valence-corrected chi connectivity index (χ0v) is 11.6. The van der Waals surface area contributed by atoms with Gasteiger partial charge < -0.3 is 5.11 Å². The van der Waals surface area contributed by atoms with E-state index in [9.17, 15) is 13.2 Å². The molecule has 8 heteroatoms. The summed E-state index contributed by atoms with van der Waals surface area (Å²) >= 11 is 0. The van der Waals surface area contributed by atoms with Crippen LogP contribution in [0.3, 0.4) is 0 Å². The minimum atomic E-state index is -3.72. The van der Waals surface area contributed by atoms with Gasteiger partial charge in [0, 0.05) is 19.8 Å². The zero-order chi connectivity index (χ0) is 14.5. The van der Waals surface area contributed by atoms with Crippen LogP contribution in [0.4, 0.5) is 0 Å². The highest BCUT2D eigenvalue weighted by Crippen LogP contribution is 2.10. The number of carboxylic acids is 1. The molecule has 0 unspecified atom stereocenters. The summed E-state index contributed by atoms with van der Waals surface area (Å²) in [5, 5.41) is 8.54. The van der Waals surface area contributed by atoms with Gasteiger partial charge in [0.2, 0.25) is 0 Å². The normalized spacial score (nSPS) is 13.4. The van der Waals surface area contributed by atoms with Crippen molar-refractivity contribution in [2.24, 2.45) is 0 Å². The number of carbonyl (C=O) groups is 1. The summed E-state index contributed by atoms with van der Waals surface area (Å²) in [7, 11) is -2.39. The lowest BCUT2D eigenvalue weighted by molar-refractivity contribution is -0.137. The molecule has 0 spiro atoms. The first kappa shape index (κ1) is 15.5. The summed E-state index contributed by atoms with van der Waals surface area (Å²) in [5.74, 6) is -1.04. The highest BCUT2D eigenvalue weighted by molar-refractivity contribution is 7.87. The molecule has 0 aliphatic heterocycles. The van der Waals surface area contributed by atoms with E-state index in [1.807, 2.05) is 0 Å². The Kier molecular flexibility index (Phi) is 5.40. The highest BCUT2D eigenvalue weighted by atomic mass is 32.2. The van der Waals surface area contributed by atoms with Gasteiger partial charge in [-0.25, -0.2) is 0 Å². The first-order chi connectivity index (χ1) is 8.83. The van der Waals surface area contributed by atoms with E-state index in [0.29, 0.717) is 5.69 Å². The molecule has 1 rings (SSSR count). The van der Waals surface area contributed by atoms with E-state index < -0.39 is 22.2 Å². The van der Waals surface area contributed by atoms with Crippen LogP contribution >= 0.6 is 0 Å². The smallest absolute Gasteiger partial charge is 0.304 e. The van der Waals surface area contributed by atoms with Crippen LogP contribution in [0.2, 0.25) is 0 Å². The molecule has 106 valence electrons. The van der Waals surface area contributed by atoms with Crippen LogP contribution in [0.25, 0.3) is 0 Å². The Morgan fingerprint density at radius 1 is 1.53 bits per heavy atom. The molecule has 0 bridgehead atoms. The predicted molar refractivity (Wildman–Crippen MR) is 69.6 cm³/mol. The molecule has 1 aromatic rings. The molecule has 0 aliphatic carbocycles. The summed E-state index contributed by atoms with van der Waals surface area (Å²) in [6.07, 6.45) is 1.34. The fraction of sp³-hybridized carbons (Fsp3) is 0.455. The maximum absolute atomic E-state index is 11.9. The van der Waals surface area contributed by atoms with E-state index in [2.05, 4.69) is 9.71 Å². The number of pyridine rings is 1. The van der Waals surface area contributed by atoms with Crippen LogP contribution in [-0.4, -0.2) is 42.4 Å². The van der Waals surface area contributed by atoms with Crippen molar-refractivity contribution in [1.29, 1.82) is 0 Å². The van der Waals surface area contributed by atoms with Gasteiger partial charge >= 0.3 is 5.97 Å². The SMILES string of the molecule is C[C@@H](NS(=O)(=O)N(C)CCC(=O)O)c1ccccn1. The number of hydrogen-bond acceptors (Lipinski definition) is 4. The molecule has 0 aromatic carbocycles. The number of nitrogens with one attached hydrogen (secondary N) is 1. The van der Waals surface area contributed by atoms with Gasteiger partial charge in [0.15, 0.2) is 0 Å². The molecule has 0 fully saturated rings. The van der Waals surface area contributed by atoms with Gasteiger partial charge in [0.05, 0.1) is 18.2 Å². The third-order valence-electron chi connectivity index (χ3n) is 2.51. The summed E-state index contributed by atoms with van der Waals surface area (Å²) in [6.45, 7) is 1.59. The van der Waals surface area contributed by atoms with Crippen LogP contribution < -0.4 is 4.72 Å². The van der Waals surface area contributed by atoms with Gasteiger partial charge in [0.1, 0.15) is 0 Å². The van der Waals surface area contributed by atoms with E-state index in [-0.39, 0.29) is 13.0 Å². The molecule has 0 amide bonds. The Bertz CT molecular complexity index is 518. The van der Waals surface area contributed by atoms with Gasteiger partial charge in [-0.3, -0.25) is 9.78 Å². The van der Waals surface area contributed by atoms with Crippen molar-refractivity contribution in [3.8, 4) is 0 Å². The number of rotatable bonds is 7. The summed E-state index contributed by atoms with van der Waals surface area (Å²) in [4.78, 5) is 14.5. The average Bonchev–Trinajstić information content (AvgIpc) is 2.36. The fourth-order valence-electron chi connectivity index (χ4n) is 1.38. The number of aliphatic carboxylic acids is 1. The molecule has 0 saturated heterocycles. The Hall–Kier alpha value is -1.51. The molecular formula is C11H17N3O4S. The number of hydrogen-bond donors (Lipinski definition) is 2. The fourth-order valence-corrected chi connectivity index (χ4v) is 2.46. The van der Waals surface area contributed by atoms with Crippen molar-refractivity contribution in [2.75, 3.05) is 13.6 Å². The van der Waals surface area contributed by atoms with Gasteiger partial charge in [0.25, 0.3) is 10.2 Å². The van der Waals surface area contributed by atoms with Crippen molar-refractivity contribution in [3.05, 3.63) is 30.1 Å². The van der Waals surface area contributed by atoms with Crippen molar-refractivity contribution >= 4 is 16.2 Å². The largest absolute Gasteiger partial charge is 0.481 e. The van der Waals surface area contributed by atoms with E-state index >= 15 is 0 Å². The van der Waals surface area contributed by atoms with Crippen LogP contribution in [0.5, 0.6) is 0 Å². The highest BCUT2D eigenvalue weighted by Gasteiger charge is 2.21. The second kappa shape index (κ2) is 6.60. The zero-order valence-electron chi connectivity index (χ0n) is 10.8. The van der Waals surface area contributed by atoms with E-state index in [4.69, 9.17) is 5.11 Å². The van der Waals surface area contributed by atoms with Gasteiger partial charge in [-0.05, 0) is 19.1 Å². The molecule has 0 aliphatic rings. The Balaban J connectivity index is 2.66. The average molecular weight is 287 g/mol. The summed E-state index contributed by atoms with van der Waals surface area (Å²) in [6, 6.07) is 4.73. The van der Waals surface area contributed by atoms with Gasteiger partial charge in [-0.1, -0.05) is 6.07 Å². The lowest BCUT2D eigenvalue weighted by atomic mass is 10.2. The second-order valence-electron chi connectivity index (χ2n) is 4.06. The summed E-state index contributed by atoms with van der Waals surface area (Å²) < 4.78 is 27.3. The van der Waals surface area contributed by atoms with Gasteiger partial charge in [-0.15, -0.1) is 0 Å². The van der Waals surface area contributed by atoms with Crippen molar-refractivity contribution in [1.82, 2.24) is 14.0 Å². The second-order valence-corrected chi connectivity index (χ2v) is 5.87. The van der Waals surface area contributed by atoms with Crippen molar-refractivity contribution in [2.45, 2.75) is 19.4 Å². The number of carboxylic acid groups (broad SMARTS) is 1. The minimum absolute atomic E-state index is 0.0837. The van der Waals surface area contributed by atoms with Crippen LogP contribution in [0.1, 0.15) is 25.1 Å². The first-order valence-electron chi connectivity index (χ1n) is 5.69. The van der Waals surface area contributed by atoms with Crippen molar-refractivity contribution < 1.29 is 18.3 Å². The predicted octanol–water partition coefficient (Wildman–Crippen LogP) is 0.384. The lowest BCUT2D eigenvalue weighted by Gasteiger charge is -2.20. The molecule has 7 nitrogen and oxygen atoms in total. The van der Waals surface area contributed by atoms with Crippen LogP contribution in [0.15, 0.2) is 24.4 Å². The molecule has 2 N–H and O–H groups in total. The van der Waals surface area contributed by atoms with E-state index in [1.54, 1.807) is 31.3 Å². The molecular weight excluding hydrogens is 270 g/mol. The number of aromatic nitrogens is 1. The lowest BCUT2D eigenvalue weighted by Crippen LogP contribution is -2.40. The molecule has 1 heterocycles.